The first-order valence-corrected chi connectivity index (χ1v) is 7.68. The molecule has 7 heteroatoms. The van der Waals surface area contributed by atoms with Crippen LogP contribution in [0, 0.1) is 13.8 Å². The number of hydrogen-bond donors (Lipinski definition) is 2. The molecule has 0 bridgehead atoms. The molecule has 1 heterocycles. The molecular formula is C13H17N3O3S. The Labute approximate surface area is 118 Å². The largest absolute Gasteiger partial charge is 0.508 e. The maximum absolute atomic E-state index is 12.3. The average Bonchev–Trinajstić information content (AvgIpc) is 2.75. The number of benzene rings is 1. The highest BCUT2D eigenvalue weighted by Gasteiger charge is 2.19. The monoisotopic (exact) mass is 295 g/mol. The van der Waals surface area contributed by atoms with Crippen LogP contribution in [-0.2, 0) is 16.6 Å². The lowest BCUT2D eigenvalue weighted by molar-refractivity contribution is 0.475. The summed E-state index contributed by atoms with van der Waals surface area (Å²) < 4.78 is 28.8. The minimum absolute atomic E-state index is 0.00988. The molecule has 0 saturated heterocycles. The van der Waals surface area contributed by atoms with E-state index < -0.39 is 10.0 Å². The van der Waals surface area contributed by atoms with Gasteiger partial charge in [-0.15, -0.1) is 0 Å². The van der Waals surface area contributed by atoms with Crippen molar-refractivity contribution in [2.75, 3.05) is 4.72 Å². The Kier molecular flexibility index (Phi) is 3.71. The Morgan fingerprint density at radius 3 is 2.60 bits per heavy atom. The highest BCUT2D eigenvalue weighted by atomic mass is 32.2. The van der Waals surface area contributed by atoms with Crippen molar-refractivity contribution < 1.29 is 13.5 Å². The van der Waals surface area contributed by atoms with E-state index in [1.165, 1.54) is 24.4 Å². The van der Waals surface area contributed by atoms with Gasteiger partial charge in [-0.05, 0) is 44.5 Å². The van der Waals surface area contributed by atoms with Gasteiger partial charge in [-0.25, -0.2) is 4.98 Å². The molecule has 2 aromatic rings. The van der Waals surface area contributed by atoms with Crippen molar-refractivity contribution >= 4 is 15.7 Å². The minimum Gasteiger partial charge on any atom is -0.508 e. The molecule has 2 N–H and O–H groups in total. The smallest absolute Gasteiger partial charge is 0.280 e. The fourth-order valence-corrected chi connectivity index (χ4v) is 3.03. The molecule has 0 atom stereocenters. The maximum Gasteiger partial charge on any atom is 0.280 e. The summed E-state index contributed by atoms with van der Waals surface area (Å²) >= 11 is 0. The molecule has 20 heavy (non-hydrogen) atoms. The number of aryl methyl sites for hydroxylation is 3. The van der Waals surface area contributed by atoms with E-state index in [1.807, 2.05) is 6.92 Å². The van der Waals surface area contributed by atoms with E-state index in [0.29, 0.717) is 23.6 Å². The first-order valence-electron chi connectivity index (χ1n) is 6.19. The maximum atomic E-state index is 12.3. The van der Waals surface area contributed by atoms with Crippen LogP contribution in [0.15, 0.2) is 29.4 Å². The van der Waals surface area contributed by atoms with E-state index in [4.69, 9.17) is 0 Å². The van der Waals surface area contributed by atoms with Gasteiger partial charge in [0, 0.05) is 12.7 Å². The number of aromatic nitrogens is 2. The topological polar surface area (TPSA) is 84.2 Å². The molecule has 0 saturated carbocycles. The van der Waals surface area contributed by atoms with Gasteiger partial charge in [-0.3, -0.25) is 4.72 Å². The minimum atomic E-state index is -3.72. The number of hydrogen-bond acceptors (Lipinski definition) is 4. The summed E-state index contributed by atoms with van der Waals surface area (Å²) in [6.45, 7) is 6.05. The quantitative estimate of drug-likeness (QED) is 0.845. The summed E-state index contributed by atoms with van der Waals surface area (Å²) in [6.07, 6.45) is 1.51. The van der Waals surface area contributed by atoms with Crippen LogP contribution in [0.5, 0.6) is 5.75 Å². The number of phenols is 1. The molecule has 6 nitrogen and oxygen atoms in total. The number of imidazole rings is 1. The molecule has 1 aromatic heterocycles. The Hall–Kier alpha value is -2.02. The van der Waals surface area contributed by atoms with Crippen LogP contribution in [0.4, 0.5) is 5.69 Å². The van der Waals surface area contributed by atoms with Crippen molar-refractivity contribution in [3.8, 4) is 5.75 Å². The molecule has 0 amide bonds. The fourth-order valence-electron chi connectivity index (χ4n) is 1.89. The molecule has 0 spiro atoms. The number of rotatable bonds is 4. The number of phenolic OH excluding ortho intramolecular Hbond substituents is 1. The van der Waals surface area contributed by atoms with Gasteiger partial charge in [0.25, 0.3) is 10.0 Å². The number of nitrogens with one attached hydrogen (secondary N) is 1. The second-order valence-corrected chi connectivity index (χ2v) is 6.15. The van der Waals surface area contributed by atoms with Gasteiger partial charge in [0.1, 0.15) is 11.6 Å². The summed E-state index contributed by atoms with van der Waals surface area (Å²) in [5.74, 6) is 0.742. The molecular weight excluding hydrogens is 278 g/mol. The third-order valence-electron chi connectivity index (χ3n) is 3.02. The Bertz CT molecular complexity index is 735. The summed E-state index contributed by atoms with van der Waals surface area (Å²) in [5, 5.41) is 9.32. The van der Waals surface area contributed by atoms with Crippen molar-refractivity contribution in [3.05, 3.63) is 35.8 Å². The Morgan fingerprint density at radius 2 is 2.05 bits per heavy atom. The fraction of sp³-hybridized carbons (Fsp3) is 0.308. The second-order valence-electron chi connectivity index (χ2n) is 4.52. The first-order chi connectivity index (χ1) is 9.33. The molecule has 1 aromatic carbocycles. The Morgan fingerprint density at radius 1 is 1.35 bits per heavy atom. The zero-order chi connectivity index (χ0) is 14.9. The molecule has 0 radical (unpaired) electrons. The van der Waals surface area contributed by atoms with Crippen LogP contribution in [0.3, 0.4) is 0 Å². The summed E-state index contributed by atoms with van der Waals surface area (Å²) in [4.78, 5) is 4.06. The van der Waals surface area contributed by atoms with Crippen LogP contribution < -0.4 is 4.72 Å². The molecule has 0 unspecified atom stereocenters. The van der Waals surface area contributed by atoms with Crippen LogP contribution in [0.1, 0.15) is 18.3 Å². The lowest BCUT2D eigenvalue weighted by atomic mass is 10.2. The summed E-state index contributed by atoms with van der Waals surface area (Å²) in [5.41, 5.74) is 1.06. The van der Waals surface area contributed by atoms with Gasteiger partial charge in [0.05, 0.1) is 5.69 Å². The van der Waals surface area contributed by atoms with Gasteiger partial charge >= 0.3 is 0 Å². The van der Waals surface area contributed by atoms with Crippen LogP contribution in [-0.4, -0.2) is 23.1 Å². The van der Waals surface area contributed by atoms with Gasteiger partial charge in [-0.1, -0.05) is 0 Å². The SMILES string of the molecule is CCn1cc(S(=O)(=O)Nc2ccc(O)cc2C)nc1C. The molecule has 0 aliphatic heterocycles. The third-order valence-corrected chi connectivity index (χ3v) is 4.26. The average molecular weight is 295 g/mol. The van der Waals surface area contributed by atoms with Gasteiger partial charge < -0.3 is 9.67 Å². The van der Waals surface area contributed by atoms with Crippen molar-refractivity contribution in [2.24, 2.45) is 0 Å². The van der Waals surface area contributed by atoms with Gasteiger partial charge in [0.2, 0.25) is 0 Å². The molecule has 0 aliphatic carbocycles. The summed E-state index contributed by atoms with van der Waals surface area (Å²) in [7, 11) is -3.72. The number of sulfonamides is 1. The number of anilines is 1. The van der Waals surface area contributed by atoms with E-state index in [0.717, 1.165) is 0 Å². The van der Waals surface area contributed by atoms with Gasteiger partial charge in [-0.2, -0.15) is 8.42 Å². The molecule has 2 rings (SSSR count). The van der Waals surface area contributed by atoms with Crippen molar-refractivity contribution in [3.63, 3.8) is 0 Å². The first kappa shape index (κ1) is 14.4. The molecule has 0 aliphatic rings. The highest BCUT2D eigenvalue weighted by Crippen LogP contribution is 2.23. The van der Waals surface area contributed by atoms with E-state index >= 15 is 0 Å². The van der Waals surface area contributed by atoms with Crippen molar-refractivity contribution in [1.82, 2.24) is 9.55 Å². The van der Waals surface area contributed by atoms with E-state index in [-0.39, 0.29) is 10.8 Å². The standard InChI is InChI=1S/C13H17N3O3S/c1-4-16-8-13(14-10(16)3)20(18,19)15-12-6-5-11(17)7-9(12)2/h5-8,15,17H,4H2,1-3H3. The van der Waals surface area contributed by atoms with Crippen LogP contribution in [0.25, 0.3) is 0 Å². The lowest BCUT2D eigenvalue weighted by Crippen LogP contribution is -2.14. The van der Waals surface area contributed by atoms with Gasteiger partial charge in [0.15, 0.2) is 5.03 Å². The van der Waals surface area contributed by atoms with Crippen molar-refractivity contribution in [2.45, 2.75) is 32.3 Å². The number of aromatic hydroxyl groups is 1. The zero-order valence-electron chi connectivity index (χ0n) is 11.6. The predicted molar refractivity (Wildman–Crippen MR) is 76.3 cm³/mol. The normalized spacial score (nSPS) is 11.6. The third kappa shape index (κ3) is 2.77. The lowest BCUT2D eigenvalue weighted by Gasteiger charge is -2.09. The zero-order valence-corrected chi connectivity index (χ0v) is 12.4. The summed E-state index contributed by atoms with van der Waals surface area (Å²) in [6, 6.07) is 4.44. The van der Waals surface area contributed by atoms with E-state index in [2.05, 4.69) is 9.71 Å². The van der Waals surface area contributed by atoms with E-state index in [1.54, 1.807) is 18.4 Å². The molecule has 0 fully saturated rings. The number of nitrogens with zero attached hydrogens (tertiary/aromatic N) is 2. The van der Waals surface area contributed by atoms with E-state index in [9.17, 15) is 13.5 Å². The van der Waals surface area contributed by atoms with Crippen molar-refractivity contribution in [1.29, 1.82) is 0 Å². The Balaban J connectivity index is 2.35. The van der Waals surface area contributed by atoms with Crippen LogP contribution >= 0.6 is 0 Å². The van der Waals surface area contributed by atoms with Crippen LogP contribution in [0.2, 0.25) is 0 Å². The predicted octanol–water partition coefficient (Wildman–Crippen LogP) is 2.03. The highest BCUT2D eigenvalue weighted by molar-refractivity contribution is 7.92. The second kappa shape index (κ2) is 5.16. The molecule has 108 valence electrons.